The number of nitrogens with one attached hydrogen (secondary N) is 1. The molecule has 0 fully saturated rings. The van der Waals surface area contributed by atoms with Gasteiger partial charge in [-0.15, -0.1) is 0 Å². The molecule has 3 nitrogen and oxygen atoms in total. The minimum Gasteiger partial charge on any atom is -0.508 e. The fraction of sp³-hybridized carbons (Fsp3) is 0.519. The number of hydrogen-bond acceptors (Lipinski definition) is 3. The van der Waals surface area contributed by atoms with Gasteiger partial charge in [0.25, 0.3) is 0 Å². The van der Waals surface area contributed by atoms with Crippen LogP contribution in [0, 0.1) is 0 Å². The number of carbonyl (C=O) groups is 1. The topological polar surface area (TPSA) is 49.3 Å². The number of Topliss-reactive ketones (excluding diaryl/α,β-unsaturated/α-hetero) is 1. The third kappa shape index (κ3) is 5.24. The second-order valence-corrected chi connectivity index (χ2v) is 8.89. The first kappa shape index (κ1) is 22.4. The molecule has 1 aliphatic heterocycles. The molecule has 3 rings (SSSR count). The summed E-state index contributed by atoms with van der Waals surface area (Å²) >= 11 is 0. The lowest BCUT2D eigenvalue weighted by Gasteiger charge is -2.28. The Morgan fingerprint density at radius 2 is 1.73 bits per heavy atom. The summed E-state index contributed by atoms with van der Waals surface area (Å²) in [5.74, 6) is 0.715. The molecule has 0 aromatic heterocycles. The molecular weight excluding hydrogens is 370 g/mol. The number of rotatable bonds is 11. The zero-order valence-corrected chi connectivity index (χ0v) is 18.8. The Morgan fingerprint density at radius 1 is 1.03 bits per heavy atom. The fourth-order valence-electron chi connectivity index (χ4n) is 5.06. The summed E-state index contributed by atoms with van der Waals surface area (Å²) in [5.41, 5.74) is 4.22. The van der Waals surface area contributed by atoms with E-state index in [-0.39, 0.29) is 17.5 Å². The number of para-hydroxylation sites is 1. The monoisotopic (exact) mass is 407 g/mol. The molecule has 2 N–H and O–H groups in total. The van der Waals surface area contributed by atoms with Gasteiger partial charge in [0.2, 0.25) is 0 Å². The maximum atomic E-state index is 12.2. The van der Waals surface area contributed by atoms with Gasteiger partial charge in [-0.3, -0.25) is 4.79 Å². The number of hydrogen-bond donors (Lipinski definition) is 2. The van der Waals surface area contributed by atoms with Crippen molar-refractivity contribution in [1.29, 1.82) is 0 Å². The maximum absolute atomic E-state index is 12.2. The quantitative estimate of drug-likeness (QED) is 0.301. The highest BCUT2D eigenvalue weighted by atomic mass is 16.3. The predicted molar refractivity (Wildman–Crippen MR) is 126 cm³/mol. The highest BCUT2D eigenvalue weighted by Gasteiger charge is 2.36. The van der Waals surface area contributed by atoms with Gasteiger partial charge in [-0.2, -0.15) is 0 Å². The molecule has 3 atom stereocenters. The minimum atomic E-state index is 0.0553. The van der Waals surface area contributed by atoms with Crippen LogP contribution < -0.4 is 5.32 Å². The highest BCUT2D eigenvalue weighted by Crippen LogP contribution is 2.47. The van der Waals surface area contributed by atoms with E-state index in [1.807, 2.05) is 0 Å². The maximum Gasteiger partial charge on any atom is 0.160 e. The Morgan fingerprint density at radius 3 is 2.47 bits per heavy atom. The molecule has 2 aromatic rings. The summed E-state index contributed by atoms with van der Waals surface area (Å²) in [4.78, 5) is 12.2. The highest BCUT2D eigenvalue weighted by molar-refractivity contribution is 5.96. The van der Waals surface area contributed by atoms with Crippen LogP contribution in [0.25, 0.3) is 0 Å². The van der Waals surface area contributed by atoms with Crippen molar-refractivity contribution >= 4 is 11.5 Å². The molecule has 162 valence electrons. The molecular formula is C27H37NO2. The lowest BCUT2D eigenvalue weighted by Crippen LogP contribution is -2.25. The first-order chi connectivity index (χ1) is 14.5. The van der Waals surface area contributed by atoms with E-state index in [1.54, 1.807) is 25.1 Å². The van der Waals surface area contributed by atoms with Crippen LogP contribution in [0.4, 0.5) is 5.69 Å². The molecule has 0 saturated heterocycles. The molecule has 30 heavy (non-hydrogen) atoms. The summed E-state index contributed by atoms with van der Waals surface area (Å²) in [6.45, 7) is 6.07. The Bertz CT molecular complexity index is 845. The lowest BCUT2D eigenvalue weighted by molar-refractivity contribution is 0.101. The van der Waals surface area contributed by atoms with Crippen LogP contribution in [0.2, 0.25) is 0 Å². The van der Waals surface area contributed by atoms with Crippen molar-refractivity contribution in [1.82, 2.24) is 0 Å². The standard InChI is InChI=1S/C27H37NO2/c1-4-5-6-7-8-9-10-15-26-27(23-13-11-12-14-25(23)28-26)19(2)24-18-21(30)16-17-22(24)20(3)29/h11-14,16-19,26-28,30H,4-10,15H2,1-3H3. The normalized spacial score (nSPS) is 18.6. The van der Waals surface area contributed by atoms with Gasteiger partial charge in [0.1, 0.15) is 5.75 Å². The number of carbonyl (C=O) groups excluding carboxylic acids is 1. The first-order valence-electron chi connectivity index (χ1n) is 11.7. The summed E-state index contributed by atoms with van der Waals surface area (Å²) in [5, 5.41) is 13.9. The van der Waals surface area contributed by atoms with Crippen molar-refractivity contribution < 1.29 is 9.90 Å². The first-order valence-corrected chi connectivity index (χ1v) is 11.7. The van der Waals surface area contributed by atoms with Crippen LogP contribution in [-0.4, -0.2) is 16.9 Å². The molecule has 0 radical (unpaired) electrons. The third-order valence-electron chi connectivity index (χ3n) is 6.66. The number of phenols is 1. The van der Waals surface area contributed by atoms with Crippen molar-refractivity contribution in [2.45, 2.75) is 90.0 Å². The van der Waals surface area contributed by atoms with Crippen molar-refractivity contribution in [2.75, 3.05) is 5.32 Å². The summed E-state index contributed by atoms with van der Waals surface area (Å²) in [6, 6.07) is 14.1. The number of anilines is 1. The van der Waals surface area contributed by atoms with E-state index in [4.69, 9.17) is 0 Å². The Labute approximate surface area is 181 Å². The molecule has 0 amide bonds. The molecule has 1 aliphatic rings. The van der Waals surface area contributed by atoms with Crippen LogP contribution in [0.1, 0.15) is 105 Å². The number of aromatic hydroxyl groups is 1. The zero-order valence-electron chi connectivity index (χ0n) is 18.8. The van der Waals surface area contributed by atoms with Gasteiger partial charge in [-0.1, -0.05) is 77.0 Å². The van der Waals surface area contributed by atoms with E-state index >= 15 is 0 Å². The number of fused-ring (bicyclic) bond motifs is 1. The zero-order chi connectivity index (χ0) is 21.5. The van der Waals surface area contributed by atoms with Crippen molar-refractivity contribution in [2.24, 2.45) is 0 Å². The van der Waals surface area contributed by atoms with Crippen LogP contribution >= 0.6 is 0 Å². The van der Waals surface area contributed by atoms with Gasteiger partial charge < -0.3 is 10.4 Å². The number of ketones is 1. The van der Waals surface area contributed by atoms with Crippen LogP contribution in [-0.2, 0) is 0 Å². The average Bonchev–Trinajstić information content (AvgIpc) is 3.10. The molecule has 0 aliphatic carbocycles. The second-order valence-electron chi connectivity index (χ2n) is 8.89. The van der Waals surface area contributed by atoms with E-state index in [9.17, 15) is 9.90 Å². The van der Waals surface area contributed by atoms with Crippen LogP contribution in [0.3, 0.4) is 0 Å². The van der Waals surface area contributed by atoms with Gasteiger partial charge in [0.05, 0.1) is 0 Å². The molecule has 2 aromatic carbocycles. The molecule has 0 saturated carbocycles. The van der Waals surface area contributed by atoms with Crippen molar-refractivity contribution in [3.8, 4) is 5.75 Å². The van der Waals surface area contributed by atoms with Gasteiger partial charge in [0.15, 0.2) is 5.78 Å². The fourth-order valence-corrected chi connectivity index (χ4v) is 5.06. The van der Waals surface area contributed by atoms with Crippen LogP contribution in [0.15, 0.2) is 42.5 Å². The SMILES string of the molecule is CCCCCCCCCC1Nc2ccccc2C1C(C)c1cc(O)ccc1C(C)=O. The third-order valence-corrected chi connectivity index (χ3v) is 6.66. The summed E-state index contributed by atoms with van der Waals surface area (Å²) < 4.78 is 0. The second kappa shape index (κ2) is 10.7. The lowest BCUT2D eigenvalue weighted by atomic mass is 9.77. The Hall–Kier alpha value is -2.29. The predicted octanol–water partition coefficient (Wildman–Crippen LogP) is 7.42. The van der Waals surface area contributed by atoms with E-state index in [0.29, 0.717) is 12.0 Å². The summed E-state index contributed by atoms with van der Waals surface area (Å²) in [7, 11) is 0. The minimum absolute atomic E-state index is 0.0553. The molecule has 3 heteroatoms. The smallest absolute Gasteiger partial charge is 0.160 e. The number of unbranched alkanes of at least 4 members (excludes halogenated alkanes) is 6. The van der Waals surface area contributed by atoms with Gasteiger partial charge >= 0.3 is 0 Å². The molecule has 3 unspecified atom stereocenters. The van der Waals surface area contributed by atoms with E-state index in [2.05, 4.69) is 43.4 Å². The molecule has 1 heterocycles. The average molecular weight is 408 g/mol. The van der Waals surface area contributed by atoms with Crippen molar-refractivity contribution in [3.05, 3.63) is 59.2 Å². The van der Waals surface area contributed by atoms with Crippen molar-refractivity contribution in [3.63, 3.8) is 0 Å². The van der Waals surface area contributed by atoms with E-state index in [1.165, 1.54) is 56.2 Å². The molecule has 0 bridgehead atoms. The largest absolute Gasteiger partial charge is 0.508 e. The van der Waals surface area contributed by atoms with E-state index < -0.39 is 0 Å². The van der Waals surface area contributed by atoms with Crippen LogP contribution in [0.5, 0.6) is 5.75 Å². The molecule has 0 spiro atoms. The Balaban J connectivity index is 1.76. The number of benzene rings is 2. The van der Waals surface area contributed by atoms with E-state index in [0.717, 1.165) is 17.5 Å². The summed E-state index contributed by atoms with van der Waals surface area (Å²) in [6.07, 6.45) is 10.3. The Kier molecular flexibility index (Phi) is 7.95. The number of phenolic OH excluding ortho intramolecular Hbond substituents is 1. The van der Waals surface area contributed by atoms with Gasteiger partial charge in [0, 0.05) is 23.2 Å². The van der Waals surface area contributed by atoms with Gasteiger partial charge in [-0.25, -0.2) is 0 Å². The van der Waals surface area contributed by atoms with Gasteiger partial charge in [-0.05, 0) is 54.7 Å².